The molecule has 0 radical (unpaired) electrons. The molecule has 138 valence electrons. The lowest BCUT2D eigenvalue weighted by atomic mass is 9.98. The van der Waals surface area contributed by atoms with Crippen LogP contribution in [0.15, 0.2) is 46.5 Å². The third-order valence-electron chi connectivity index (χ3n) is 4.18. The topological polar surface area (TPSA) is 95.9 Å². The number of β-lactam (4-membered cyclic amide) rings is 1. The van der Waals surface area contributed by atoms with E-state index in [4.69, 9.17) is 4.74 Å². The SMILES string of the molecule is COC1(NC(=O)CSc2ccccc2)C(=O)N2C(C(=O)O)=C(C)CS[C@@H]21. The van der Waals surface area contributed by atoms with Crippen LogP contribution < -0.4 is 5.32 Å². The summed E-state index contributed by atoms with van der Waals surface area (Å²) in [6.07, 6.45) is 0. The van der Waals surface area contributed by atoms with Crippen LogP contribution in [0.25, 0.3) is 0 Å². The van der Waals surface area contributed by atoms with Gasteiger partial charge in [-0.05, 0) is 24.6 Å². The molecule has 7 nitrogen and oxygen atoms in total. The Labute approximate surface area is 159 Å². The smallest absolute Gasteiger partial charge is 0.352 e. The normalized spacial score (nSPS) is 24.8. The van der Waals surface area contributed by atoms with E-state index < -0.39 is 23.0 Å². The Hall–Kier alpha value is -1.97. The van der Waals surface area contributed by atoms with Crippen LogP contribution >= 0.6 is 23.5 Å². The van der Waals surface area contributed by atoms with Crippen molar-refractivity contribution in [3.05, 3.63) is 41.6 Å². The average molecular weight is 394 g/mol. The zero-order chi connectivity index (χ0) is 18.9. The lowest BCUT2D eigenvalue weighted by Gasteiger charge is -2.55. The summed E-state index contributed by atoms with van der Waals surface area (Å²) < 4.78 is 5.37. The summed E-state index contributed by atoms with van der Waals surface area (Å²) >= 11 is 2.72. The van der Waals surface area contributed by atoms with Gasteiger partial charge in [0.1, 0.15) is 11.1 Å². The summed E-state index contributed by atoms with van der Waals surface area (Å²) in [5.41, 5.74) is -0.942. The van der Waals surface area contributed by atoms with Crippen LogP contribution in [0.2, 0.25) is 0 Å². The molecule has 1 fully saturated rings. The molecule has 0 bridgehead atoms. The summed E-state index contributed by atoms with van der Waals surface area (Å²) in [6, 6.07) is 9.44. The second-order valence-electron chi connectivity index (χ2n) is 5.86. The van der Waals surface area contributed by atoms with Gasteiger partial charge in [-0.15, -0.1) is 23.5 Å². The highest BCUT2D eigenvalue weighted by Gasteiger charge is 2.66. The highest BCUT2D eigenvalue weighted by molar-refractivity contribution is 8.00. The van der Waals surface area contributed by atoms with E-state index in [1.165, 1.54) is 35.5 Å². The third-order valence-corrected chi connectivity index (χ3v) is 6.65. The van der Waals surface area contributed by atoms with Gasteiger partial charge in [0.2, 0.25) is 5.91 Å². The first-order valence-electron chi connectivity index (χ1n) is 7.83. The average Bonchev–Trinajstić information content (AvgIpc) is 2.64. The number of nitrogens with zero attached hydrogens (tertiary/aromatic N) is 1. The van der Waals surface area contributed by atoms with Crippen LogP contribution in [0.3, 0.4) is 0 Å². The maximum atomic E-state index is 12.7. The molecule has 1 aromatic carbocycles. The van der Waals surface area contributed by atoms with E-state index in [9.17, 15) is 19.5 Å². The number of hydrogen-bond acceptors (Lipinski definition) is 6. The Morgan fingerprint density at radius 2 is 2.12 bits per heavy atom. The van der Waals surface area contributed by atoms with Gasteiger partial charge in [-0.1, -0.05) is 18.2 Å². The molecular weight excluding hydrogens is 376 g/mol. The van der Waals surface area contributed by atoms with E-state index in [1.54, 1.807) is 6.92 Å². The molecule has 26 heavy (non-hydrogen) atoms. The number of carbonyl (C=O) groups is 3. The van der Waals surface area contributed by atoms with Crippen molar-refractivity contribution in [2.24, 2.45) is 0 Å². The Morgan fingerprint density at radius 3 is 2.73 bits per heavy atom. The zero-order valence-electron chi connectivity index (χ0n) is 14.2. The van der Waals surface area contributed by atoms with Gasteiger partial charge in [-0.3, -0.25) is 14.5 Å². The Bertz CT molecular complexity index is 783. The second-order valence-corrected chi connectivity index (χ2v) is 7.98. The minimum absolute atomic E-state index is 0.0284. The first-order valence-corrected chi connectivity index (χ1v) is 9.86. The first-order chi connectivity index (χ1) is 12.4. The van der Waals surface area contributed by atoms with E-state index in [1.807, 2.05) is 30.3 Å². The quantitative estimate of drug-likeness (QED) is 0.429. The maximum absolute atomic E-state index is 12.7. The van der Waals surface area contributed by atoms with Crippen molar-refractivity contribution < 1.29 is 24.2 Å². The van der Waals surface area contributed by atoms with Gasteiger partial charge >= 0.3 is 5.97 Å². The fraction of sp³-hybridized carbons (Fsp3) is 0.353. The Morgan fingerprint density at radius 1 is 1.42 bits per heavy atom. The van der Waals surface area contributed by atoms with Crippen LogP contribution in [-0.4, -0.2) is 57.5 Å². The molecule has 0 aromatic heterocycles. The van der Waals surface area contributed by atoms with Crippen molar-refractivity contribution in [1.82, 2.24) is 10.2 Å². The van der Waals surface area contributed by atoms with E-state index in [2.05, 4.69) is 5.32 Å². The number of thioether (sulfide) groups is 2. The number of benzene rings is 1. The van der Waals surface area contributed by atoms with Crippen LogP contribution in [0.1, 0.15) is 6.92 Å². The van der Waals surface area contributed by atoms with E-state index in [-0.39, 0.29) is 17.4 Å². The largest absolute Gasteiger partial charge is 0.477 e. The molecule has 2 N–H and O–H groups in total. The maximum Gasteiger partial charge on any atom is 0.352 e. The highest BCUT2D eigenvalue weighted by Crippen LogP contribution is 2.46. The number of aliphatic carboxylic acids is 1. The van der Waals surface area contributed by atoms with Crippen molar-refractivity contribution in [3.8, 4) is 0 Å². The van der Waals surface area contributed by atoms with E-state index in [0.29, 0.717) is 11.3 Å². The van der Waals surface area contributed by atoms with Crippen molar-refractivity contribution >= 4 is 41.3 Å². The summed E-state index contributed by atoms with van der Waals surface area (Å²) in [5.74, 6) is -1.49. The van der Waals surface area contributed by atoms with Gasteiger partial charge < -0.3 is 15.2 Å². The molecule has 2 amide bonds. The van der Waals surface area contributed by atoms with Crippen LogP contribution in [0, 0.1) is 0 Å². The molecule has 2 aliphatic heterocycles. The predicted octanol–water partition coefficient (Wildman–Crippen LogP) is 1.51. The second kappa shape index (κ2) is 7.34. The minimum Gasteiger partial charge on any atom is -0.477 e. The fourth-order valence-corrected chi connectivity index (χ4v) is 5.05. The Kier molecular flexibility index (Phi) is 5.31. The zero-order valence-corrected chi connectivity index (χ0v) is 15.9. The lowest BCUT2D eigenvalue weighted by Crippen LogP contribution is -2.80. The molecule has 3 rings (SSSR count). The number of amides is 2. The van der Waals surface area contributed by atoms with Crippen LogP contribution in [0.4, 0.5) is 0 Å². The van der Waals surface area contributed by atoms with Crippen molar-refractivity contribution in [3.63, 3.8) is 0 Å². The molecule has 2 heterocycles. The summed E-state index contributed by atoms with van der Waals surface area (Å²) in [5, 5.41) is 11.5. The molecule has 1 unspecified atom stereocenters. The summed E-state index contributed by atoms with van der Waals surface area (Å²) in [4.78, 5) is 38.7. The van der Waals surface area contributed by atoms with Gasteiger partial charge in [-0.25, -0.2) is 4.79 Å². The molecule has 1 saturated heterocycles. The van der Waals surface area contributed by atoms with E-state index >= 15 is 0 Å². The van der Waals surface area contributed by atoms with Gasteiger partial charge in [0.25, 0.3) is 11.6 Å². The monoisotopic (exact) mass is 394 g/mol. The molecule has 2 atom stereocenters. The molecule has 0 aliphatic carbocycles. The summed E-state index contributed by atoms with van der Waals surface area (Å²) in [7, 11) is 1.34. The van der Waals surface area contributed by atoms with Crippen LogP contribution in [0.5, 0.6) is 0 Å². The molecule has 2 aliphatic rings. The van der Waals surface area contributed by atoms with Crippen LogP contribution in [-0.2, 0) is 19.1 Å². The molecular formula is C17H18N2O5S2. The van der Waals surface area contributed by atoms with Gasteiger partial charge in [0.05, 0.1) is 5.75 Å². The molecule has 1 aromatic rings. The van der Waals surface area contributed by atoms with Crippen molar-refractivity contribution in [2.45, 2.75) is 22.9 Å². The first kappa shape index (κ1) is 18.8. The number of fused-ring (bicyclic) bond motifs is 1. The van der Waals surface area contributed by atoms with E-state index in [0.717, 1.165) is 4.90 Å². The number of carboxylic acid groups (broad SMARTS) is 1. The van der Waals surface area contributed by atoms with Gasteiger partial charge in [-0.2, -0.15) is 0 Å². The summed E-state index contributed by atoms with van der Waals surface area (Å²) in [6.45, 7) is 1.68. The molecule has 9 heteroatoms. The number of rotatable bonds is 6. The highest BCUT2D eigenvalue weighted by atomic mass is 32.2. The number of nitrogens with one attached hydrogen (secondary N) is 1. The Balaban J connectivity index is 1.71. The number of methoxy groups -OCH3 is 1. The fourth-order valence-electron chi connectivity index (χ4n) is 2.94. The number of hydrogen-bond donors (Lipinski definition) is 2. The number of carboxylic acids is 1. The minimum atomic E-state index is -1.53. The standard InChI is InChI=1S/C17H18N2O5S2/c1-10-8-26-16-17(24-2,15(23)19(16)13(10)14(21)22)18-12(20)9-25-11-6-4-3-5-7-11/h3-7,16H,8-9H2,1-2H3,(H,18,20)(H,21,22)/t16-,17?/m1/s1. The van der Waals surface area contributed by atoms with Crippen molar-refractivity contribution in [1.29, 1.82) is 0 Å². The van der Waals surface area contributed by atoms with Gasteiger partial charge in [0.15, 0.2) is 0 Å². The lowest BCUT2D eigenvalue weighted by molar-refractivity contribution is -0.192. The predicted molar refractivity (Wildman–Crippen MR) is 98.5 cm³/mol. The van der Waals surface area contributed by atoms with Gasteiger partial charge in [0, 0.05) is 17.8 Å². The number of ether oxygens (including phenoxy) is 1. The van der Waals surface area contributed by atoms with Crippen molar-refractivity contribution in [2.75, 3.05) is 18.6 Å². The third kappa shape index (κ3) is 3.10. The number of carbonyl (C=O) groups excluding carboxylic acids is 2. The molecule has 0 saturated carbocycles. The molecule has 0 spiro atoms.